The fraction of sp³-hybridized carbons (Fsp3) is 0.267. The van der Waals surface area contributed by atoms with Gasteiger partial charge in [0.25, 0.3) is 0 Å². The number of pyridine rings is 1. The van der Waals surface area contributed by atoms with E-state index in [9.17, 15) is 10.1 Å². The highest BCUT2D eigenvalue weighted by atomic mass is 16.6. The minimum Gasteiger partial charge on any atom is -0.491 e. The molecule has 2 rings (SSSR count). The number of nitro groups is 1. The zero-order valence-corrected chi connectivity index (χ0v) is 11.9. The lowest BCUT2D eigenvalue weighted by molar-refractivity contribution is -0.384. The summed E-state index contributed by atoms with van der Waals surface area (Å²) in [4.78, 5) is 14.5. The number of hydrogen-bond donors (Lipinski definition) is 1. The summed E-state index contributed by atoms with van der Waals surface area (Å²) in [5, 5.41) is 13.9. The quantitative estimate of drug-likeness (QED) is 0.652. The molecule has 0 aliphatic rings. The number of aromatic nitrogens is 1. The van der Waals surface area contributed by atoms with Gasteiger partial charge in [-0.25, -0.2) is 4.98 Å². The molecule has 21 heavy (non-hydrogen) atoms. The van der Waals surface area contributed by atoms with Crippen molar-refractivity contribution < 1.29 is 9.66 Å². The number of nitrogens with one attached hydrogen (secondary N) is 1. The van der Waals surface area contributed by atoms with Gasteiger partial charge in [0.2, 0.25) is 5.82 Å². The summed E-state index contributed by atoms with van der Waals surface area (Å²) in [6.45, 7) is 4.28. The molecule has 1 aromatic heterocycles. The van der Waals surface area contributed by atoms with E-state index < -0.39 is 4.92 Å². The fourth-order valence-corrected chi connectivity index (χ4v) is 1.79. The van der Waals surface area contributed by atoms with Crippen LogP contribution < -0.4 is 10.1 Å². The normalized spacial score (nSPS) is 11.7. The Hall–Kier alpha value is -2.63. The Bertz CT molecular complexity index is 614. The molecule has 0 saturated heterocycles. The van der Waals surface area contributed by atoms with Crippen molar-refractivity contribution in [2.24, 2.45) is 0 Å². The molecular weight excluding hydrogens is 270 g/mol. The predicted octanol–water partition coefficient (Wildman–Crippen LogP) is 3.18. The van der Waals surface area contributed by atoms with E-state index in [4.69, 9.17) is 4.74 Å². The number of aryl methyl sites for hydroxylation is 1. The molecule has 6 nitrogen and oxygen atoms in total. The smallest absolute Gasteiger partial charge is 0.311 e. The lowest BCUT2D eigenvalue weighted by Gasteiger charge is -2.15. The van der Waals surface area contributed by atoms with Gasteiger partial charge in [-0.1, -0.05) is 17.7 Å². The maximum absolute atomic E-state index is 10.9. The standard InChI is InChI=1S/C15H17N3O3/c1-11-5-7-13(8-6-11)21-10-12(2)17-15-14(18(19)20)4-3-9-16-15/h3-9,12H,10H2,1-2H3,(H,16,17). The topological polar surface area (TPSA) is 77.3 Å². The van der Waals surface area contributed by atoms with Crippen molar-refractivity contribution in [3.05, 3.63) is 58.3 Å². The molecule has 0 aliphatic heterocycles. The molecule has 1 aromatic carbocycles. The van der Waals surface area contributed by atoms with Gasteiger partial charge in [0.05, 0.1) is 11.0 Å². The number of anilines is 1. The highest BCUT2D eigenvalue weighted by molar-refractivity contribution is 5.55. The molecular formula is C15H17N3O3. The van der Waals surface area contributed by atoms with Crippen molar-refractivity contribution in [1.29, 1.82) is 0 Å². The van der Waals surface area contributed by atoms with Crippen LogP contribution in [0.4, 0.5) is 11.5 Å². The summed E-state index contributed by atoms with van der Waals surface area (Å²) >= 11 is 0. The Morgan fingerprint density at radius 1 is 1.33 bits per heavy atom. The number of nitrogens with zero attached hydrogens (tertiary/aromatic N) is 2. The van der Waals surface area contributed by atoms with Crippen LogP contribution in [-0.4, -0.2) is 22.6 Å². The fourth-order valence-electron chi connectivity index (χ4n) is 1.79. The van der Waals surface area contributed by atoms with Crippen molar-refractivity contribution >= 4 is 11.5 Å². The van der Waals surface area contributed by atoms with E-state index in [-0.39, 0.29) is 17.5 Å². The van der Waals surface area contributed by atoms with Gasteiger partial charge in [0.1, 0.15) is 12.4 Å². The zero-order chi connectivity index (χ0) is 15.2. The van der Waals surface area contributed by atoms with E-state index in [2.05, 4.69) is 10.3 Å². The maximum Gasteiger partial charge on any atom is 0.311 e. The molecule has 110 valence electrons. The number of benzene rings is 1. The van der Waals surface area contributed by atoms with Gasteiger partial charge in [-0.2, -0.15) is 0 Å². The van der Waals surface area contributed by atoms with Crippen LogP contribution in [0.15, 0.2) is 42.6 Å². The monoisotopic (exact) mass is 287 g/mol. The van der Waals surface area contributed by atoms with E-state index >= 15 is 0 Å². The Labute approximate surface area is 122 Å². The minimum absolute atomic E-state index is 0.0420. The van der Waals surface area contributed by atoms with Crippen LogP contribution in [0.3, 0.4) is 0 Å². The van der Waals surface area contributed by atoms with E-state index in [0.29, 0.717) is 6.61 Å². The van der Waals surface area contributed by atoms with E-state index in [1.807, 2.05) is 38.1 Å². The first-order valence-corrected chi connectivity index (χ1v) is 6.61. The highest BCUT2D eigenvalue weighted by Gasteiger charge is 2.16. The van der Waals surface area contributed by atoms with Crippen molar-refractivity contribution in [3.8, 4) is 5.75 Å². The summed E-state index contributed by atoms with van der Waals surface area (Å²) in [5.74, 6) is 1.02. The van der Waals surface area contributed by atoms with Gasteiger partial charge in [0, 0.05) is 12.3 Å². The molecule has 1 unspecified atom stereocenters. The largest absolute Gasteiger partial charge is 0.491 e. The van der Waals surface area contributed by atoms with Crippen molar-refractivity contribution in [2.75, 3.05) is 11.9 Å². The van der Waals surface area contributed by atoms with Gasteiger partial charge >= 0.3 is 5.69 Å². The molecule has 1 heterocycles. The summed E-state index contributed by atoms with van der Waals surface area (Å²) in [7, 11) is 0. The van der Waals surface area contributed by atoms with Crippen molar-refractivity contribution in [2.45, 2.75) is 19.9 Å². The molecule has 0 aliphatic carbocycles. The molecule has 0 bridgehead atoms. The summed E-state index contributed by atoms with van der Waals surface area (Å²) in [5.41, 5.74) is 1.12. The maximum atomic E-state index is 10.9. The van der Waals surface area contributed by atoms with Crippen molar-refractivity contribution in [1.82, 2.24) is 4.98 Å². The van der Waals surface area contributed by atoms with Crippen LogP contribution in [0, 0.1) is 17.0 Å². The summed E-state index contributed by atoms with van der Waals surface area (Å²) < 4.78 is 5.64. The molecule has 0 spiro atoms. The molecule has 1 atom stereocenters. The number of ether oxygens (including phenoxy) is 1. The third kappa shape index (κ3) is 4.17. The van der Waals surface area contributed by atoms with Crippen LogP contribution in [0.2, 0.25) is 0 Å². The van der Waals surface area contributed by atoms with Crippen LogP contribution in [0.25, 0.3) is 0 Å². The molecule has 0 radical (unpaired) electrons. The lowest BCUT2D eigenvalue weighted by Crippen LogP contribution is -2.24. The molecule has 0 fully saturated rings. The van der Waals surface area contributed by atoms with Gasteiger partial charge < -0.3 is 10.1 Å². The number of rotatable bonds is 6. The Balaban J connectivity index is 1.94. The second kappa shape index (κ2) is 6.69. The van der Waals surface area contributed by atoms with Crippen LogP contribution in [0.1, 0.15) is 12.5 Å². The Kier molecular flexibility index (Phi) is 4.71. The van der Waals surface area contributed by atoms with Crippen LogP contribution in [-0.2, 0) is 0 Å². The molecule has 0 saturated carbocycles. The van der Waals surface area contributed by atoms with Crippen LogP contribution in [0.5, 0.6) is 5.75 Å². The average Bonchev–Trinajstić information content (AvgIpc) is 2.47. The average molecular weight is 287 g/mol. The summed E-state index contributed by atoms with van der Waals surface area (Å²) in [6.07, 6.45) is 1.52. The first-order chi connectivity index (χ1) is 10.1. The van der Waals surface area contributed by atoms with Gasteiger partial charge in [-0.3, -0.25) is 10.1 Å². The molecule has 2 aromatic rings. The highest BCUT2D eigenvalue weighted by Crippen LogP contribution is 2.21. The number of hydrogen-bond acceptors (Lipinski definition) is 5. The van der Waals surface area contributed by atoms with E-state index in [1.165, 1.54) is 18.3 Å². The third-order valence-corrected chi connectivity index (χ3v) is 2.89. The lowest BCUT2D eigenvalue weighted by atomic mass is 10.2. The third-order valence-electron chi connectivity index (χ3n) is 2.89. The second-order valence-corrected chi connectivity index (χ2v) is 4.80. The first-order valence-electron chi connectivity index (χ1n) is 6.61. The Morgan fingerprint density at radius 2 is 2.05 bits per heavy atom. The zero-order valence-electron chi connectivity index (χ0n) is 11.9. The Morgan fingerprint density at radius 3 is 2.71 bits per heavy atom. The predicted molar refractivity (Wildman–Crippen MR) is 80.7 cm³/mol. The van der Waals surface area contributed by atoms with Gasteiger partial charge in [0.15, 0.2) is 0 Å². The first kappa shape index (κ1) is 14.8. The van der Waals surface area contributed by atoms with E-state index in [0.717, 1.165) is 11.3 Å². The SMILES string of the molecule is Cc1ccc(OCC(C)Nc2ncccc2[N+](=O)[O-])cc1. The second-order valence-electron chi connectivity index (χ2n) is 4.80. The van der Waals surface area contributed by atoms with Crippen molar-refractivity contribution in [3.63, 3.8) is 0 Å². The molecule has 6 heteroatoms. The summed E-state index contributed by atoms with van der Waals surface area (Å²) in [6, 6.07) is 10.6. The minimum atomic E-state index is -0.455. The van der Waals surface area contributed by atoms with Gasteiger partial charge in [-0.05, 0) is 32.0 Å². The van der Waals surface area contributed by atoms with E-state index in [1.54, 1.807) is 0 Å². The molecule has 1 N–H and O–H groups in total. The van der Waals surface area contributed by atoms with Gasteiger partial charge in [-0.15, -0.1) is 0 Å². The van der Waals surface area contributed by atoms with Crippen LogP contribution >= 0.6 is 0 Å². The molecule has 0 amide bonds.